The number of carbonyl (C=O) groups excluding carboxylic acids is 1. The number of benzene rings is 2. The zero-order valence-corrected chi connectivity index (χ0v) is 15.2. The molecule has 1 amide bonds. The van der Waals surface area contributed by atoms with E-state index in [0.29, 0.717) is 12.1 Å². The van der Waals surface area contributed by atoms with Gasteiger partial charge in [0.05, 0.1) is 12.0 Å². The molecule has 2 rings (SSSR count). The number of amides is 1. The Kier molecular flexibility index (Phi) is 6.83. The Morgan fingerprint density at radius 3 is 2.50 bits per heavy atom. The van der Waals surface area contributed by atoms with E-state index in [1.807, 2.05) is 0 Å². The standard InChI is InChI=1S/C18H19F2N3O5/c1-22(9-11-3-6-15(28-18(19)20)16(7-11)27-2)10-13-5-4-12(17(21)24)8-14(13)23(25)26/h3-8,18H,9-10H2,1-2H3,(H2,21,24). The van der Waals surface area contributed by atoms with Crippen LogP contribution in [0.25, 0.3) is 0 Å². The fourth-order valence-electron chi connectivity index (χ4n) is 2.68. The maximum atomic E-state index is 12.4. The number of hydrogen-bond donors (Lipinski definition) is 1. The van der Waals surface area contributed by atoms with Gasteiger partial charge in [0.1, 0.15) is 0 Å². The van der Waals surface area contributed by atoms with Gasteiger partial charge in [0.25, 0.3) is 5.69 Å². The number of carbonyl (C=O) groups is 1. The van der Waals surface area contributed by atoms with Crippen molar-refractivity contribution in [1.29, 1.82) is 0 Å². The lowest BCUT2D eigenvalue weighted by Gasteiger charge is -2.18. The highest BCUT2D eigenvalue weighted by Crippen LogP contribution is 2.30. The first kappa shape index (κ1) is 21.0. The van der Waals surface area contributed by atoms with Crippen molar-refractivity contribution in [3.8, 4) is 11.5 Å². The van der Waals surface area contributed by atoms with Crippen LogP contribution < -0.4 is 15.2 Å². The third-order valence-corrected chi connectivity index (χ3v) is 3.90. The lowest BCUT2D eigenvalue weighted by Crippen LogP contribution is -2.19. The van der Waals surface area contributed by atoms with E-state index in [-0.39, 0.29) is 29.3 Å². The Hall–Kier alpha value is -3.27. The highest BCUT2D eigenvalue weighted by atomic mass is 19.3. The molecule has 0 saturated carbocycles. The summed E-state index contributed by atoms with van der Waals surface area (Å²) in [4.78, 5) is 23.7. The van der Waals surface area contributed by atoms with E-state index in [4.69, 9.17) is 10.5 Å². The van der Waals surface area contributed by atoms with Gasteiger partial charge in [-0.05, 0) is 30.8 Å². The molecule has 2 aromatic carbocycles. The minimum absolute atomic E-state index is 0.0532. The first-order valence-corrected chi connectivity index (χ1v) is 8.08. The van der Waals surface area contributed by atoms with E-state index in [1.54, 1.807) is 24.1 Å². The van der Waals surface area contributed by atoms with E-state index in [1.165, 1.54) is 25.3 Å². The van der Waals surface area contributed by atoms with Crippen molar-refractivity contribution < 1.29 is 28.0 Å². The second-order valence-corrected chi connectivity index (χ2v) is 6.00. The molecular formula is C18H19F2N3O5. The number of rotatable bonds is 9. The van der Waals surface area contributed by atoms with E-state index in [9.17, 15) is 23.7 Å². The molecular weight excluding hydrogens is 376 g/mol. The zero-order chi connectivity index (χ0) is 20.8. The second-order valence-electron chi connectivity index (χ2n) is 6.00. The molecule has 10 heteroatoms. The molecule has 28 heavy (non-hydrogen) atoms. The minimum Gasteiger partial charge on any atom is -0.493 e. The molecule has 0 heterocycles. The molecule has 0 spiro atoms. The van der Waals surface area contributed by atoms with Crippen molar-refractivity contribution in [2.24, 2.45) is 5.73 Å². The van der Waals surface area contributed by atoms with Gasteiger partial charge in [-0.3, -0.25) is 19.8 Å². The van der Waals surface area contributed by atoms with Crippen molar-refractivity contribution in [2.45, 2.75) is 19.7 Å². The van der Waals surface area contributed by atoms with Crippen molar-refractivity contribution in [2.75, 3.05) is 14.2 Å². The predicted octanol–water partition coefficient (Wildman–Crippen LogP) is 2.94. The van der Waals surface area contributed by atoms with Gasteiger partial charge >= 0.3 is 6.61 Å². The fraction of sp³-hybridized carbons (Fsp3) is 0.278. The van der Waals surface area contributed by atoms with Crippen LogP contribution in [0.1, 0.15) is 21.5 Å². The Bertz CT molecular complexity index is 876. The fourth-order valence-corrected chi connectivity index (χ4v) is 2.68. The van der Waals surface area contributed by atoms with Gasteiger partial charge in [0.15, 0.2) is 11.5 Å². The maximum Gasteiger partial charge on any atom is 0.387 e. The number of nitrogens with two attached hydrogens (primary N) is 1. The summed E-state index contributed by atoms with van der Waals surface area (Å²) in [5, 5.41) is 11.3. The zero-order valence-electron chi connectivity index (χ0n) is 15.2. The summed E-state index contributed by atoms with van der Waals surface area (Å²) in [5.41, 5.74) is 6.15. The number of nitrogens with zero attached hydrogens (tertiary/aromatic N) is 2. The molecule has 2 N–H and O–H groups in total. The van der Waals surface area contributed by atoms with Crippen LogP contribution in [-0.4, -0.2) is 36.5 Å². The minimum atomic E-state index is -2.97. The Balaban J connectivity index is 2.17. The number of primary amides is 1. The summed E-state index contributed by atoms with van der Waals surface area (Å²) in [6.45, 7) is -2.39. The van der Waals surface area contributed by atoms with Gasteiger partial charge in [-0.2, -0.15) is 8.78 Å². The van der Waals surface area contributed by atoms with Crippen LogP contribution in [0, 0.1) is 10.1 Å². The molecule has 0 aliphatic carbocycles. The van der Waals surface area contributed by atoms with Crippen LogP contribution >= 0.6 is 0 Å². The van der Waals surface area contributed by atoms with Crippen LogP contribution in [0.4, 0.5) is 14.5 Å². The normalized spacial score (nSPS) is 10.9. The third-order valence-electron chi connectivity index (χ3n) is 3.90. The molecule has 0 saturated heterocycles. The largest absolute Gasteiger partial charge is 0.493 e. The molecule has 0 aliphatic heterocycles. The van der Waals surface area contributed by atoms with Gasteiger partial charge in [0, 0.05) is 30.3 Å². The van der Waals surface area contributed by atoms with Crippen LogP contribution in [0.5, 0.6) is 11.5 Å². The number of halogens is 2. The number of nitro benzene ring substituents is 1. The number of alkyl halides is 2. The molecule has 0 atom stereocenters. The van der Waals surface area contributed by atoms with Crippen molar-refractivity contribution in [3.63, 3.8) is 0 Å². The lowest BCUT2D eigenvalue weighted by atomic mass is 10.1. The molecule has 2 aromatic rings. The van der Waals surface area contributed by atoms with Gasteiger partial charge in [-0.1, -0.05) is 12.1 Å². The van der Waals surface area contributed by atoms with Crippen molar-refractivity contribution >= 4 is 11.6 Å². The lowest BCUT2D eigenvalue weighted by molar-refractivity contribution is -0.385. The Morgan fingerprint density at radius 2 is 1.93 bits per heavy atom. The Labute approximate surface area is 159 Å². The summed E-state index contributed by atoms with van der Waals surface area (Å²) < 4.78 is 34.2. The van der Waals surface area contributed by atoms with E-state index >= 15 is 0 Å². The average molecular weight is 395 g/mol. The van der Waals surface area contributed by atoms with Gasteiger partial charge < -0.3 is 15.2 Å². The van der Waals surface area contributed by atoms with Gasteiger partial charge in [-0.25, -0.2) is 0 Å². The van der Waals surface area contributed by atoms with Crippen LogP contribution in [0.3, 0.4) is 0 Å². The maximum absolute atomic E-state index is 12.4. The molecule has 0 aliphatic rings. The summed E-state index contributed by atoms with van der Waals surface area (Å²) in [7, 11) is 3.08. The molecule has 0 unspecified atom stereocenters. The first-order valence-electron chi connectivity index (χ1n) is 8.08. The molecule has 0 aromatic heterocycles. The summed E-state index contributed by atoms with van der Waals surface area (Å²) >= 11 is 0. The molecule has 0 fully saturated rings. The number of hydrogen-bond acceptors (Lipinski definition) is 6. The highest BCUT2D eigenvalue weighted by molar-refractivity contribution is 5.93. The quantitative estimate of drug-likeness (QED) is 0.517. The number of ether oxygens (including phenoxy) is 2. The third kappa shape index (κ3) is 5.36. The first-order chi connectivity index (χ1) is 13.2. The second kappa shape index (κ2) is 9.09. The van der Waals surface area contributed by atoms with E-state index in [2.05, 4.69) is 4.74 Å². The predicted molar refractivity (Wildman–Crippen MR) is 96.4 cm³/mol. The SMILES string of the molecule is COc1cc(CN(C)Cc2ccc(C(N)=O)cc2[N+](=O)[O-])ccc1OC(F)F. The van der Waals surface area contributed by atoms with E-state index in [0.717, 1.165) is 11.6 Å². The molecule has 0 bridgehead atoms. The summed E-state index contributed by atoms with van der Waals surface area (Å²) in [6.07, 6.45) is 0. The van der Waals surface area contributed by atoms with Crippen LogP contribution in [-0.2, 0) is 13.1 Å². The monoisotopic (exact) mass is 395 g/mol. The average Bonchev–Trinajstić information content (AvgIpc) is 2.62. The van der Waals surface area contributed by atoms with Crippen molar-refractivity contribution in [3.05, 3.63) is 63.2 Å². The number of methoxy groups -OCH3 is 1. The highest BCUT2D eigenvalue weighted by Gasteiger charge is 2.18. The molecule has 150 valence electrons. The smallest absolute Gasteiger partial charge is 0.387 e. The Morgan fingerprint density at radius 1 is 1.21 bits per heavy atom. The van der Waals surface area contributed by atoms with Crippen LogP contribution in [0.2, 0.25) is 0 Å². The van der Waals surface area contributed by atoms with E-state index < -0.39 is 17.4 Å². The van der Waals surface area contributed by atoms with Gasteiger partial charge in [0.2, 0.25) is 5.91 Å². The van der Waals surface area contributed by atoms with Crippen LogP contribution in [0.15, 0.2) is 36.4 Å². The number of nitro groups is 1. The van der Waals surface area contributed by atoms with Gasteiger partial charge in [-0.15, -0.1) is 0 Å². The molecule has 8 nitrogen and oxygen atoms in total. The summed E-state index contributed by atoms with van der Waals surface area (Å²) in [5.74, 6) is -0.675. The van der Waals surface area contributed by atoms with Crippen molar-refractivity contribution in [1.82, 2.24) is 4.90 Å². The summed E-state index contributed by atoms with van der Waals surface area (Å²) in [6, 6.07) is 8.58. The molecule has 0 radical (unpaired) electrons. The topological polar surface area (TPSA) is 108 Å².